The van der Waals surface area contributed by atoms with Crippen LogP contribution in [0.2, 0.25) is 0 Å². The Labute approximate surface area is 246 Å². The summed E-state index contributed by atoms with van der Waals surface area (Å²) in [5, 5.41) is 22.7. The standard InChI is InChI=1S/C38H24N4O/c43-34-18-6-4-12-28(34)31-22-20-24-10-7-17-33(35(24)39-31)42-32-16-5-3-13-29(32)38(41-42)30-15-8-14-26-27-21-19-23-9-1-2-11-25(23)36(27)40-37(26)30/h1-22,40,43H. The molecule has 0 bridgehead atoms. The normalized spacial score (nSPS) is 11.8. The van der Waals surface area contributed by atoms with Crippen LogP contribution in [0.1, 0.15) is 0 Å². The highest BCUT2D eigenvalue weighted by Gasteiger charge is 2.19. The molecule has 3 aromatic heterocycles. The van der Waals surface area contributed by atoms with Crippen molar-refractivity contribution in [1.29, 1.82) is 0 Å². The van der Waals surface area contributed by atoms with Crippen LogP contribution >= 0.6 is 0 Å². The van der Waals surface area contributed by atoms with E-state index < -0.39 is 0 Å². The van der Waals surface area contributed by atoms with E-state index in [1.807, 2.05) is 41.1 Å². The van der Waals surface area contributed by atoms with Crippen LogP contribution < -0.4 is 0 Å². The molecule has 5 nitrogen and oxygen atoms in total. The second-order valence-corrected chi connectivity index (χ2v) is 10.9. The van der Waals surface area contributed by atoms with Gasteiger partial charge in [0.25, 0.3) is 0 Å². The maximum absolute atomic E-state index is 10.5. The van der Waals surface area contributed by atoms with Gasteiger partial charge in [-0.1, -0.05) is 103 Å². The summed E-state index contributed by atoms with van der Waals surface area (Å²) in [4.78, 5) is 8.83. The summed E-state index contributed by atoms with van der Waals surface area (Å²) in [7, 11) is 0. The van der Waals surface area contributed by atoms with Gasteiger partial charge in [0.2, 0.25) is 0 Å². The first-order chi connectivity index (χ1) is 21.2. The van der Waals surface area contributed by atoms with Gasteiger partial charge in [-0.25, -0.2) is 9.67 Å². The van der Waals surface area contributed by atoms with Gasteiger partial charge in [-0.3, -0.25) is 0 Å². The second kappa shape index (κ2) is 9.03. The maximum atomic E-state index is 10.5. The second-order valence-electron chi connectivity index (χ2n) is 10.9. The van der Waals surface area contributed by atoms with Crippen LogP contribution in [0.15, 0.2) is 133 Å². The molecule has 9 aromatic rings. The molecule has 0 amide bonds. The minimum Gasteiger partial charge on any atom is -0.507 e. The lowest BCUT2D eigenvalue weighted by molar-refractivity contribution is 0.477. The van der Waals surface area contributed by atoms with E-state index in [2.05, 4.69) is 96.0 Å². The summed E-state index contributed by atoms with van der Waals surface area (Å²) in [6.07, 6.45) is 0. The molecule has 43 heavy (non-hydrogen) atoms. The number of H-pyrrole nitrogens is 1. The Morgan fingerprint density at radius 2 is 1.23 bits per heavy atom. The van der Waals surface area contributed by atoms with Gasteiger partial charge in [0, 0.05) is 38.1 Å². The van der Waals surface area contributed by atoms with E-state index >= 15 is 0 Å². The Kier molecular flexibility index (Phi) is 4.98. The number of hydrogen-bond donors (Lipinski definition) is 2. The largest absolute Gasteiger partial charge is 0.507 e. The minimum absolute atomic E-state index is 0.206. The number of benzene rings is 6. The third-order valence-corrected chi connectivity index (χ3v) is 8.48. The predicted octanol–water partition coefficient (Wildman–Crippen LogP) is 9.40. The smallest absolute Gasteiger partial charge is 0.124 e. The molecular weight excluding hydrogens is 528 g/mol. The van der Waals surface area contributed by atoms with Gasteiger partial charge < -0.3 is 10.1 Å². The molecule has 3 heterocycles. The first-order valence-corrected chi connectivity index (χ1v) is 14.3. The topological polar surface area (TPSA) is 66.7 Å². The number of nitrogens with one attached hydrogen (secondary N) is 1. The number of rotatable bonds is 3. The monoisotopic (exact) mass is 552 g/mol. The number of hydrogen-bond acceptors (Lipinski definition) is 3. The van der Waals surface area contributed by atoms with Crippen molar-refractivity contribution in [1.82, 2.24) is 19.7 Å². The van der Waals surface area contributed by atoms with Gasteiger partial charge in [0.1, 0.15) is 11.4 Å². The van der Waals surface area contributed by atoms with E-state index in [-0.39, 0.29) is 5.75 Å². The number of aromatic amines is 1. The lowest BCUT2D eigenvalue weighted by Crippen LogP contribution is -1.99. The first-order valence-electron chi connectivity index (χ1n) is 14.3. The average Bonchev–Trinajstić information content (AvgIpc) is 3.64. The minimum atomic E-state index is 0.206. The van der Waals surface area contributed by atoms with Crippen LogP contribution in [0.3, 0.4) is 0 Å². The molecule has 0 spiro atoms. The number of phenolic OH excluding ortho intramolecular Hbond substituents is 1. The van der Waals surface area contributed by atoms with Crippen molar-refractivity contribution in [2.45, 2.75) is 0 Å². The van der Waals surface area contributed by atoms with Crippen LogP contribution in [0.5, 0.6) is 5.75 Å². The quantitative estimate of drug-likeness (QED) is 0.229. The zero-order chi connectivity index (χ0) is 28.5. The van der Waals surface area contributed by atoms with Gasteiger partial charge in [-0.05, 0) is 35.7 Å². The fourth-order valence-electron chi connectivity index (χ4n) is 6.46. The third kappa shape index (κ3) is 3.52. The third-order valence-electron chi connectivity index (χ3n) is 8.48. The van der Waals surface area contributed by atoms with Crippen molar-refractivity contribution in [3.63, 3.8) is 0 Å². The van der Waals surface area contributed by atoms with Crippen LogP contribution in [0.25, 0.3) is 82.6 Å². The van der Waals surface area contributed by atoms with Crippen LogP contribution in [0.4, 0.5) is 0 Å². The van der Waals surface area contributed by atoms with E-state index in [1.165, 1.54) is 21.5 Å². The summed E-state index contributed by atoms with van der Waals surface area (Å²) in [6.45, 7) is 0. The number of fused-ring (bicyclic) bond motifs is 7. The Hall–Kier alpha value is -5.94. The van der Waals surface area contributed by atoms with Crippen LogP contribution in [-0.2, 0) is 0 Å². The molecule has 2 N–H and O–H groups in total. The molecule has 0 fully saturated rings. The molecule has 0 aliphatic heterocycles. The number of pyridine rings is 1. The van der Waals surface area contributed by atoms with Crippen molar-refractivity contribution in [3.05, 3.63) is 133 Å². The number of phenols is 1. The molecule has 6 aromatic carbocycles. The number of aromatic nitrogens is 4. The van der Waals surface area contributed by atoms with E-state index in [1.54, 1.807) is 6.07 Å². The molecule has 9 rings (SSSR count). The maximum Gasteiger partial charge on any atom is 0.124 e. The first kappa shape index (κ1) is 23.7. The molecular formula is C38H24N4O. The molecule has 0 atom stereocenters. The molecule has 0 saturated heterocycles. The Morgan fingerprint density at radius 1 is 0.535 bits per heavy atom. The predicted molar refractivity (Wildman–Crippen MR) is 176 cm³/mol. The highest BCUT2D eigenvalue weighted by atomic mass is 16.3. The summed E-state index contributed by atoms with van der Waals surface area (Å²) in [6, 6.07) is 45.2. The van der Waals surface area contributed by atoms with E-state index in [9.17, 15) is 5.11 Å². The SMILES string of the molecule is Oc1ccccc1-c1ccc2cccc(-n3nc(-c4cccc5c4[nH]c4c6ccccc6ccc54)c4ccccc43)c2n1. The molecule has 0 radical (unpaired) electrons. The van der Waals surface area contributed by atoms with Crippen LogP contribution in [0, 0.1) is 0 Å². The molecule has 202 valence electrons. The molecule has 0 saturated carbocycles. The van der Waals surface area contributed by atoms with E-state index in [0.29, 0.717) is 11.3 Å². The summed E-state index contributed by atoms with van der Waals surface area (Å²) in [5.74, 6) is 0.206. The van der Waals surface area contributed by atoms with Crippen LogP contribution in [-0.4, -0.2) is 24.9 Å². The van der Waals surface area contributed by atoms with Crippen molar-refractivity contribution in [3.8, 4) is 34.0 Å². The summed E-state index contributed by atoms with van der Waals surface area (Å²) < 4.78 is 2.01. The fourth-order valence-corrected chi connectivity index (χ4v) is 6.46. The van der Waals surface area contributed by atoms with Gasteiger partial charge in [-0.15, -0.1) is 0 Å². The lowest BCUT2D eigenvalue weighted by Gasteiger charge is -2.10. The Bertz CT molecular complexity index is 2540. The highest BCUT2D eigenvalue weighted by Crippen LogP contribution is 2.39. The van der Waals surface area contributed by atoms with Crippen molar-refractivity contribution in [2.75, 3.05) is 0 Å². The van der Waals surface area contributed by atoms with Gasteiger partial charge in [0.15, 0.2) is 0 Å². The molecule has 0 aliphatic carbocycles. The molecule has 0 aliphatic rings. The lowest BCUT2D eigenvalue weighted by atomic mass is 10.0. The van der Waals surface area contributed by atoms with Gasteiger partial charge >= 0.3 is 0 Å². The average molecular weight is 553 g/mol. The van der Waals surface area contributed by atoms with Crippen molar-refractivity contribution < 1.29 is 5.11 Å². The highest BCUT2D eigenvalue weighted by molar-refractivity contribution is 6.20. The van der Waals surface area contributed by atoms with Gasteiger partial charge in [0.05, 0.1) is 33.4 Å². The zero-order valence-corrected chi connectivity index (χ0v) is 23.0. The van der Waals surface area contributed by atoms with Gasteiger partial charge in [-0.2, -0.15) is 5.10 Å². The van der Waals surface area contributed by atoms with Crippen molar-refractivity contribution in [2.24, 2.45) is 0 Å². The molecule has 0 unspecified atom stereocenters. The van der Waals surface area contributed by atoms with E-state index in [4.69, 9.17) is 10.1 Å². The Morgan fingerprint density at radius 3 is 2.16 bits per heavy atom. The Balaban J connectivity index is 1.31. The van der Waals surface area contributed by atoms with E-state index in [0.717, 1.165) is 49.8 Å². The fraction of sp³-hybridized carbons (Fsp3) is 0. The zero-order valence-electron chi connectivity index (χ0n) is 23.0. The molecule has 5 heteroatoms. The number of para-hydroxylation sites is 4. The number of aromatic hydroxyl groups is 1. The van der Waals surface area contributed by atoms with Crippen molar-refractivity contribution >= 4 is 54.4 Å². The summed E-state index contributed by atoms with van der Waals surface area (Å²) >= 11 is 0. The summed E-state index contributed by atoms with van der Waals surface area (Å²) in [5.41, 5.74) is 8.28. The number of nitrogens with zero attached hydrogens (tertiary/aromatic N) is 3.